The van der Waals surface area contributed by atoms with Gasteiger partial charge in [0.05, 0.1) is 25.2 Å². The number of ether oxygens (including phenoxy) is 1. The second kappa shape index (κ2) is 11.1. The molecule has 1 amide bonds. The lowest BCUT2D eigenvalue weighted by molar-refractivity contribution is -0.185. The fourth-order valence-corrected chi connectivity index (χ4v) is 5.81. The Kier molecular flexibility index (Phi) is 8.22. The molecule has 1 heterocycles. The molecule has 1 saturated carbocycles. The van der Waals surface area contributed by atoms with E-state index in [-0.39, 0.29) is 55.1 Å². The second-order valence-corrected chi connectivity index (χ2v) is 11.5. The van der Waals surface area contributed by atoms with Crippen molar-refractivity contribution in [2.45, 2.75) is 89.6 Å². The summed E-state index contributed by atoms with van der Waals surface area (Å²) >= 11 is 0. The number of methoxy groups -OCH3 is 1. The zero-order valence-corrected chi connectivity index (χ0v) is 22.3. The molecular formula is C30H39F3N2O2. The number of carbonyl (C=O) groups excluding carboxylic acids is 1. The van der Waals surface area contributed by atoms with Crippen molar-refractivity contribution in [1.82, 2.24) is 10.2 Å². The topological polar surface area (TPSA) is 41.6 Å². The molecule has 0 bridgehead atoms. The lowest BCUT2D eigenvalue weighted by Gasteiger charge is -2.37. The van der Waals surface area contributed by atoms with Crippen molar-refractivity contribution >= 4 is 5.91 Å². The zero-order valence-electron chi connectivity index (χ0n) is 22.3. The van der Waals surface area contributed by atoms with Gasteiger partial charge in [-0.3, -0.25) is 10.1 Å². The Bertz CT molecular complexity index is 1060. The van der Waals surface area contributed by atoms with Crippen LogP contribution in [0, 0.1) is 11.8 Å². The Hall–Kier alpha value is -2.54. The number of carbonyl (C=O) groups is 1. The third kappa shape index (κ3) is 6.31. The number of nitrogens with one attached hydrogen (secondary N) is 1. The monoisotopic (exact) mass is 516 g/mol. The molecule has 0 aromatic heterocycles. The molecule has 2 aromatic carbocycles. The predicted octanol–water partition coefficient (Wildman–Crippen LogP) is 7.14. The van der Waals surface area contributed by atoms with Gasteiger partial charge in [0.25, 0.3) is 0 Å². The van der Waals surface area contributed by atoms with E-state index in [4.69, 9.17) is 4.74 Å². The van der Waals surface area contributed by atoms with Crippen LogP contribution in [-0.2, 0) is 16.8 Å². The molecule has 1 aliphatic heterocycles. The van der Waals surface area contributed by atoms with Gasteiger partial charge in [0.2, 0.25) is 5.91 Å². The molecule has 2 aliphatic rings. The van der Waals surface area contributed by atoms with E-state index >= 15 is 0 Å². The molecule has 2 fully saturated rings. The number of likely N-dealkylation sites (tertiary alicyclic amines) is 1. The van der Waals surface area contributed by atoms with Crippen LogP contribution in [0.25, 0.3) is 0 Å². The van der Waals surface area contributed by atoms with Crippen molar-refractivity contribution in [1.29, 1.82) is 0 Å². The molecule has 0 radical (unpaired) electrons. The summed E-state index contributed by atoms with van der Waals surface area (Å²) in [5.41, 5.74) is 3.28. The molecule has 1 N–H and O–H groups in total. The predicted molar refractivity (Wildman–Crippen MR) is 139 cm³/mol. The van der Waals surface area contributed by atoms with Gasteiger partial charge < -0.3 is 9.64 Å². The maximum atomic E-state index is 13.9. The second-order valence-electron chi connectivity index (χ2n) is 11.5. The molecule has 7 heteroatoms. The maximum absolute atomic E-state index is 13.9. The summed E-state index contributed by atoms with van der Waals surface area (Å²) in [7, 11) is 1.66. The highest BCUT2D eigenvalue weighted by molar-refractivity contribution is 5.80. The van der Waals surface area contributed by atoms with Crippen LogP contribution in [-0.4, -0.2) is 30.3 Å². The van der Waals surface area contributed by atoms with Gasteiger partial charge >= 0.3 is 6.18 Å². The molecule has 2 atom stereocenters. The fraction of sp³-hybridized carbons (Fsp3) is 0.567. The number of benzene rings is 2. The summed E-state index contributed by atoms with van der Waals surface area (Å²) in [6.45, 7) is 7.04. The van der Waals surface area contributed by atoms with Crippen molar-refractivity contribution in [3.63, 3.8) is 0 Å². The summed E-state index contributed by atoms with van der Waals surface area (Å²) in [5, 5.41) is 3.60. The largest absolute Gasteiger partial charge is 0.496 e. The standard InChI is InChI=1S/C30H39F3N2O2/c1-29(2,3)24-14-16-26(37-4)22(18-24)19-34-27-17-15-25(20-8-6-5-7-9-20)35(27)28(36)21-10-12-23(13-11-21)30(31,32)33/h5-9,14,16,18,21,23,25,27,34H,10-13,15,17,19H2,1-4H3. The zero-order chi connectivity index (χ0) is 26.8. The van der Waals surface area contributed by atoms with Crippen molar-refractivity contribution in [2.75, 3.05) is 7.11 Å². The van der Waals surface area contributed by atoms with Crippen molar-refractivity contribution in [3.8, 4) is 5.75 Å². The Morgan fingerprint density at radius 1 is 0.973 bits per heavy atom. The van der Waals surface area contributed by atoms with E-state index in [1.165, 1.54) is 5.56 Å². The summed E-state index contributed by atoms with van der Waals surface area (Å²) in [4.78, 5) is 15.8. The van der Waals surface area contributed by atoms with Crippen LogP contribution >= 0.6 is 0 Å². The van der Waals surface area contributed by atoms with Crippen molar-refractivity contribution < 1.29 is 22.7 Å². The first-order valence-corrected chi connectivity index (χ1v) is 13.3. The highest BCUT2D eigenvalue weighted by atomic mass is 19.4. The third-order valence-electron chi connectivity index (χ3n) is 8.04. The Morgan fingerprint density at radius 2 is 1.65 bits per heavy atom. The highest BCUT2D eigenvalue weighted by Gasteiger charge is 2.45. The first kappa shape index (κ1) is 27.5. The van der Waals surface area contributed by atoms with Gasteiger partial charge in [0.1, 0.15) is 5.75 Å². The van der Waals surface area contributed by atoms with Gasteiger partial charge in [0.15, 0.2) is 0 Å². The SMILES string of the molecule is COc1ccc(C(C)(C)C)cc1CNC1CCC(c2ccccc2)N1C(=O)C1CCC(C(F)(F)F)CC1. The number of alkyl halides is 3. The van der Waals surface area contributed by atoms with Gasteiger partial charge in [-0.25, -0.2) is 0 Å². The average Bonchev–Trinajstić information content (AvgIpc) is 3.30. The van der Waals surface area contributed by atoms with Crippen LogP contribution in [0.15, 0.2) is 48.5 Å². The van der Waals surface area contributed by atoms with Gasteiger partial charge in [0, 0.05) is 18.0 Å². The first-order valence-electron chi connectivity index (χ1n) is 13.3. The average molecular weight is 517 g/mol. The van der Waals surface area contributed by atoms with E-state index in [9.17, 15) is 18.0 Å². The molecule has 2 aromatic rings. The third-order valence-corrected chi connectivity index (χ3v) is 8.04. The Labute approximate surface area is 218 Å². The Morgan fingerprint density at radius 3 is 2.24 bits per heavy atom. The normalized spacial score (nSPS) is 24.8. The number of hydrogen-bond donors (Lipinski definition) is 1. The van der Waals surface area contributed by atoms with Crippen LogP contribution in [0.5, 0.6) is 5.75 Å². The van der Waals surface area contributed by atoms with Crippen molar-refractivity contribution in [3.05, 3.63) is 65.2 Å². The van der Waals surface area contributed by atoms with Crippen LogP contribution in [0.2, 0.25) is 0 Å². The summed E-state index contributed by atoms with van der Waals surface area (Å²) in [6.07, 6.45) is -2.16. The lowest BCUT2D eigenvalue weighted by Crippen LogP contribution is -2.48. The minimum atomic E-state index is -4.18. The molecule has 0 spiro atoms. The molecule has 202 valence electrons. The van der Waals surface area contributed by atoms with E-state index in [0.717, 1.165) is 29.7 Å². The lowest BCUT2D eigenvalue weighted by atomic mass is 9.81. The van der Waals surface area contributed by atoms with Crippen LogP contribution in [0.4, 0.5) is 13.2 Å². The molecule has 4 rings (SSSR count). The Balaban J connectivity index is 1.54. The quantitative estimate of drug-likeness (QED) is 0.444. The summed E-state index contributed by atoms with van der Waals surface area (Å²) < 4.78 is 45.3. The van der Waals surface area contributed by atoms with Gasteiger partial charge in [-0.05, 0) is 61.1 Å². The smallest absolute Gasteiger partial charge is 0.391 e. The maximum Gasteiger partial charge on any atom is 0.391 e. The number of hydrogen-bond acceptors (Lipinski definition) is 3. The minimum absolute atomic E-state index is 0.00988. The van der Waals surface area contributed by atoms with E-state index in [1.54, 1.807) is 7.11 Å². The van der Waals surface area contributed by atoms with E-state index in [0.29, 0.717) is 6.54 Å². The van der Waals surface area contributed by atoms with Crippen LogP contribution in [0.3, 0.4) is 0 Å². The van der Waals surface area contributed by atoms with E-state index in [2.05, 4.69) is 38.2 Å². The molecule has 2 unspecified atom stereocenters. The molecule has 1 saturated heterocycles. The molecular weight excluding hydrogens is 477 g/mol. The fourth-order valence-electron chi connectivity index (χ4n) is 5.81. The van der Waals surface area contributed by atoms with Gasteiger partial charge in [-0.1, -0.05) is 63.2 Å². The summed E-state index contributed by atoms with van der Waals surface area (Å²) in [6, 6.07) is 16.1. The van der Waals surface area contributed by atoms with Crippen LogP contribution in [0.1, 0.15) is 82.0 Å². The number of halogens is 3. The number of nitrogens with zero attached hydrogens (tertiary/aromatic N) is 1. The van der Waals surface area contributed by atoms with Gasteiger partial charge in [-0.15, -0.1) is 0 Å². The first-order chi connectivity index (χ1) is 17.5. The number of rotatable bonds is 6. The van der Waals surface area contributed by atoms with E-state index in [1.807, 2.05) is 41.3 Å². The van der Waals surface area contributed by atoms with Gasteiger partial charge in [-0.2, -0.15) is 13.2 Å². The minimum Gasteiger partial charge on any atom is -0.496 e. The highest BCUT2D eigenvalue weighted by Crippen LogP contribution is 2.43. The van der Waals surface area contributed by atoms with E-state index < -0.39 is 12.1 Å². The molecule has 1 aliphatic carbocycles. The van der Waals surface area contributed by atoms with Crippen LogP contribution < -0.4 is 10.1 Å². The van der Waals surface area contributed by atoms with Crippen molar-refractivity contribution in [2.24, 2.45) is 11.8 Å². The molecule has 37 heavy (non-hydrogen) atoms. The summed E-state index contributed by atoms with van der Waals surface area (Å²) in [5.74, 6) is -0.899. The number of amides is 1. The molecule has 4 nitrogen and oxygen atoms in total.